The summed E-state index contributed by atoms with van der Waals surface area (Å²) in [6, 6.07) is 12.7. The molecule has 0 N–H and O–H groups in total. The predicted octanol–water partition coefficient (Wildman–Crippen LogP) is 5.41. The van der Waals surface area contributed by atoms with Crippen LogP contribution in [0.15, 0.2) is 41.4 Å². The molecule has 1 amide bonds. The Morgan fingerprint density at radius 1 is 1.11 bits per heavy atom. The molecule has 0 radical (unpaired) electrons. The Balaban J connectivity index is 0.00000361. The summed E-state index contributed by atoms with van der Waals surface area (Å²) in [6.45, 7) is 12.8. The zero-order valence-electron chi connectivity index (χ0n) is 22.6. The molecule has 0 unspecified atom stereocenters. The van der Waals surface area contributed by atoms with Gasteiger partial charge in [0.05, 0.1) is 25.5 Å². The first-order valence-electron chi connectivity index (χ1n) is 12.8. The number of amides is 1. The van der Waals surface area contributed by atoms with E-state index >= 15 is 0 Å². The van der Waals surface area contributed by atoms with E-state index in [9.17, 15) is 4.79 Å². The van der Waals surface area contributed by atoms with Gasteiger partial charge < -0.3 is 19.3 Å². The number of piperidine rings is 1. The predicted molar refractivity (Wildman–Crippen MR) is 149 cm³/mol. The number of aliphatic imine (C=N–C) groups is 1. The first kappa shape index (κ1) is 28.0. The van der Waals surface area contributed by atoms with Crippen molar-refractivity contribution in [3.63, 3.8) is 0 Å². The number of hydrogen-bond acceptors (Lipinski definition) is 5. The summed E-state index contributed by atoms with van der Waals surface area (Å²) in [6.07, 6.45) is 1.02. The second-order valence-electron chi connectivity index (χ2n) is 10.2. The van der Waals surface area contributed by atoms with E-state index < -0.39 is 0 Å². The van der Waals surface area contributed by atoms with Gasteiger partial charge in [-0.1, -0.05) is 12.1 Å². The van der Waals surface area contributed by atoms with Crippen molar-refractivity contribution in [3.8, 4) is 11.5 Å². The van der Waals surface area contributed by atoms with Gasteiger partial charge in [0.2, 0.25) is 0 Å². The Bertz CT molecular complexity index is 1090. The van der Waals surface area contributed by atoms with Crippen molar-refractivity contribution < 1.29 is 14.3 Å². The van der Waals surface area contributed by atoms with E-state index in [0.717, 1.165) is 47.8 Å². The summed E-state index contributed by atoms with van der Waals surface area (Å²) < 4.78 is 11.6. The third kappa shape index (κ3) is 5.40. The minimum absolute atomic E-state index is 0. The Labute approximate surface area is 222 Å². The monoisotopic (exact) mass is 513 g/mol. The van der Waals surface area contributed by atoms with Gasteiger partial charge in [-0.3, -0.25) is 9.79 Å². The van der Waals surface area contributed by atoms with Crippen molar-refractivity contribution >= 4 is 24.0 Å². The summed E-state index contributed by atoms with van der Waals surface area (Å²) >= 11 is 0. The Kier molecular flexibility index (Phi) is 9.07. The lowest BCUT2D eigenvalue weighted by atomic mass is 9.79. The van der Waals surface area contributed by atoms with Crippen molar-refractivity contribution in [1.82, 2.24) is 9.80 Å². The minimum Gasteiger partial charge on any atom is -0.493 e. The molecule has 7 heteroatoms. The van der Waals surface area contributed by atoms with Crippen LogP contribution in [0.2, 0.25) is 0 Å². The summed E-state index contributed by atoms with van der Waals surface area (Å²) in [5.74, 6) is 1.89. The fourth-order valence-electron chi connectivity index (χ4n) is 5.53. The van der Waals surface area contributed by atoms with Crippen LogP contribution in [-0.2, 0) is 0 Å². The maximum absolute atomic E-state index is 13.2. The lowest BCUT2D eigenvalue weighted by Gasteiger charge is -2.39. The molecule has 6 nitrogen and oxygen atoms in total. The van der Waals surface area contributed by atoms with Crippen LogP contribution in [0.3, 0.4) is 0 Å². The quantitative estimate of drug-likeness (QED) is 0.496. The Morgan fingerprint density at radius 3 is 2.36 bits per heavy atom. The van der Waals surface area contributed by atoms with Gasteiger partial charge in [-0.25, -0.2) is 0 Å². The van der Waals surface area contributed by atoms with Crippen molar-refractivity contribution in [1.29, 1.82) is 0 Å². The van der Waals surface area contributed by atoms with Gasteiger partial charge in [0.15, 0.2) is 11.5 Å². The largest absolute Gasteiger partial charge is 0.493 e. The summed E-state index contributed by atoms with van der Waals surface area (Å²) in [5.41, 5.74) is 5.05. The second-order valence-corrected chi connectivity index (χ2v) is 10.2. The Hall–Kier alpha value is -2.57. The van der Waals surface area contributed by atoms with Crippen LogP contribution in [0.25, 0.3) is 0 Å². The molecular weight excluding hydrogens is 474 g/mol. The summed E-state index contributed by atoms with van der Waals surface area (Å²) in [7, 11) is 3.85. The fraction of sp³-hybridized carbons (Fsp3) is 0.517. The van der Waals surface area contributed by atoms with E-state index in [1.807, 2.05) is 36.1 Å². The van der Waals surface area contributed by atoms with Gasteiger partial charge in [0, 0.05) is 41.2 Å². The standard InChI is InChI=1S/C29H39N3O3.ClH/c1-8-35-27-15-22-23(16-26(27)34-7)28(30-25-13-14-31(6)17-24(22)25)20-9-11-21(12-10-20)29(33)32(18(2)3)19(4)5;/h9-12,15-16,18-19,24-25H,8,13-14,17H2,1-7H3;1H/t24-,25-;/m1./s1. The number of nitrogens with zero attached hydrogens (tertiary/aromatic N) is 3. The van der Waals surface area contributed by atoms with Crippen molar-refractivity contribution in [3.05, 3.63) is 58.7 Å². The van der Waals surface area contributed by atoms with Crippen LogP contribution in [0.1, 0.15) is 74.0 Å². The molecule has 0 bridgehead atoms. The molecule has 0 spiro atoms. The topological polar surface area (TPSA) is 54.4 Å². The molecule has 0 saturated carbocycles. The molecule has 2 heterocycles. The normalized spacial score (nSPS) is 19.2. The number of carbonyl (C=O) groups excluding carboxylic acids is 1. The molecule has 2 atom stereocenters. The number of ether oxygens (including phenoxy) is 2. The van der Waals surface area contributed by atoms with Gasteiger partial charge in [-0.2, -0.15) is 0 Å². The second kappa shape index (κ2) is 11.7. The smallest absolute Gasteiger partial charge is 0.254 e. The highest BCUT2D eigenvalue weighted by Gasteiger charge is 2.36. The highest BCUT2D eigenvalue weighted by molar-refractivity contribution is 6.15. The highest BCUT2D eigenvalue weighted by Crippen LogP contribution is 2.42. The maximum Gasteiger partial charge on any atom is 0.254 e. The van der Waals surface area contributed by atoms with Crippen LogP contribution in [0.4, 0.5) is 0 Å². The minimum atomic E-state index is 0. The average molecular weight is 514 g/mol. The third-order valence-corrected chi connectivity index (χ3v) is 7.12. The zero-order valence-corrected chi connectivity index (χ0v) is 23.4. The van der Waals surface area contributed by atoms with Crippen LogP contribution < -0.4 is 9.47 Å². The van der Waals surface area contributed by atoms with Gasteiger partial charge in [-0.05, 0) is 84.5 Å². The first-order chi connectivity index (χ1) is 16.7. The van der Waals surface area contributed by atoms with Crippen LogP contribution in [-0.4, -0.2) is 73.4 Å². The summed E-state index contributed by atoms with van der Waals surface area (Å²) in [5, 5.41) is 0. The number of rotatable bonds is 7. The molecule has 1 saturated heterocycles. The first-order valence-corrected chi connectivity index (χ1v) is 12.8. The van der Waals surface area contributed by atoms with Gasteiger partial charge in [0.1, 0.15) is 0 Å². The highest BCUT2D eigenvalue weighted by atomic mass is 35.5. The summed E-state index contributed by atoms with van der Waals surface area (Å²) in [4.78, 5) is 22.7. The number of fused-ring (bicyclic) bond motifs is 3. The molecule has 4 rings (SSSR count). The van der Waals surface area contributed by atoms with Crippen molar-refractivity contribution in [2.75, 3.05) is 33.9 Å². The van der Waals surface area contributed by atoms with Crippen molar-refractivity contribution in [2.24, 2.45) is 4.99 Å². The third-order valence-electron chi connectivity index (χ3n) is 7.12. The van der Waals surface area contributed by atoms with Gasteiger partial charge in [-0.15, -0.1) is 12.4 Å². The van der Waals surface area contributed by atoms with E-state index in [1.54, 1.807) is 7.11 Å². The number of halogens is 1. The molecular formula is C29H40ClN3O3. The number of methoxy groups -OCH3 is 1. The molecule has 1 fully saturated rings. The SMILES string of the molecule is CCOc1cc2c(cc1OC)C(c1ccc(C(=O)N(C(C)C)C(C)C)cc1)=N[C@@H]1CCN(C)C[C@H]21.Cl. The van der Waals surface area contributed by atoms with Crippen LogP contribution >= 0.6 is 12.4 Å². The van der Waals surface area contributed by atoms with E-state index in [2.05, 4.69) is 51.8 Å². The van der Waals surface area contributed by atoms with Crippen molar-refractivity contribution in [2.45, 2.75) is 65.1 Å². The fourth-order valence-corrected chi connectivity index (χ4v) is 5.53. The lowest BCUT2D eigenvalue weighted by Crippen LogP contribution is -2.42. The molecule has 0 aromatic heterocycles. The number of carbonyl (C=O) groups is 1. The molecule has 2 aromatic rings. The molecule has 36 heavy (non-hydrogen) atoms. The molecule has 0 aliphatic carbocycles. The number of benzene rings is 2. The Morgan fingerprint density at radius 2 is 1.78 bits per heavy atom. The molecule has 2 aliphatic rings. The van der Waals surface area contributed by atoms with Gasteiger partial charge >= 0.3 is 0 Å². The molecule has 2 aliphatic heterocycles. The zero-order chi connectivity index (χ0) is 25.3. The number of likely N-dealkylation sites (N-methyl/N-ethyl adjacent to an activating group) is 1. The van der Waals surface area contributed by atoms with E-state index in [1.165, 1.54) is 5.56 Å². The van der Waals surface area contributed by atoms with Crippen LogP contribution in [0.5, 0.6) is 11.5 Å². The number of likely N-dealkylation sites (tertiary alicyclic amines) is 1. The lowest BCUT2D eigenvalue weighted by molar-refractivity contribution is 0.0643. The van der Waals surface area contributed by atoms with E-state index in [0.29, 0.717) is 18.1 Å². The van der Waals surface area contributed by atoms with Crippen LogP contribution in [0, 0.1) is 0 Å². The van der Waals surface area contributed by atoms with E-state index in [4.69, 9.17) is 14.5 Å². The number of hydrogen-bond donors (Lipinski definition) is 0. The maximum atomic E-state index is 13.2. The average Bonchev–Trinajstić information content (AvgIpc) is 2.83. The molecule has 196 valence electrons. The molecule has 2 aromatic carbocycles. The van der Waals surface area contributed by atoms with Gasteiger partial charge in [0.25, 0.3) is 5.91 Å². The van der Waals surface area contributed by atoms with E-state index in [-0.39, 0.29) is 36.4 Å².